The summed E-state index contributed by atoms with van der Waals surface area (Å²) < 4.78 is 0. The topological polar surface area (TPSA) is 66.4 Å². The molecular formula is C15H25NO3S. The fourth-order valence-electron chi connectivity index (χ4n) is 3.70. The van der Waals surface area contributed by atoms with Gasteiger partial charge in [-0.3, -0.25) is 9.59 Å². The summed E-state index contributed by atoms with van der Waals surface area (Å²) in [6.45, 7) is 2.07. The predicted octanol–water partition coefficient (Wildman–Crippen LogP) is 2.52. The average Bonchev–Trinajstić information content (AvgIpc) is 3.04. The molecule has 2 N–H and O–H groups in total. The van der Waals surface area contributed by atoms with Crippen LogP contribution in [0.4, 0.5) is 0 Å². The number of carbonyl (C=O) groups is 2. The van der Waals surface area contributed by atoms with E-state index in [1.807, 2.05) is 0 Å². The van der Waals surface area contributed by atoms with Gasteiger partial charge in [-0.1, -0.05) is 19.8 Å². The minimum Gasteiger partial charge on any atom is -0.481 e. The fraction of sp³-hybridized carbons (Fsp3) is 0.867. The smallest absolute Gasteiger partial charge is 0.307 e. The number of nitrogens with one attached hydrogen (secondary N) is 1. The van der Waals surface area contributed by atoms with Crippen molar-refractivity contribution in [3.63, 3.8) is 0 Å². The molecule has 0 aromatic rings. The Morgan fingerprint density at radius 1 is 1.25 bits per heavy atom. The molecule has 2 saturated carbocycles. The number of hydrogen-bond acceptors (Lipinski definition) is 3. The Morgan fingerprint density at radius 3 is 2.55 bits per heavy atom. The first-order valence-corrected chi connectivity index (χ1v) is 8.91. The van der Waals surface area contributed by atoms with Crippen LogP contribution in [0.25, 0.3) is 0 Å². The second-order valence-corrected chi connectivity index (χ2v) is 7.19. The lowest BCUT2D eigenvalue weighted by Gasteiger charge is -2.23. The Morgan fingerprint density at radius 2 is 1.95 bits per heavy atom. The first-order chi connectivity index (χ1) is 9.56. The van der Waals surface area contributed by atoms with Gasteiger partial charge in [-0.2, -0.15) is 11.8 Å². The van der Waals surface area contributed by atoms with Crippen molar-refractivity contribution in [3.05, 3.63) is 0 Å². The third kappa shape index (κ3) is 3.30. The highest BCUT2D eigenvalue weighted by atomic mass is 32.2. The Bertz CT molecular complexity index is 374. The Balaban J connectivity index is 1.98. The second kappa shape index (κ2) is 6.83. The van der Waals surface area contributed by atoms with E-state index >= 15 is 0 Å². The Hall–Kier alpha value is -0.710. The van der Waals surface area contributed by atoms with E-state index < -0.39 is 11.9 Å². The third-order valence-corrected chi connectivity index (χ3v) is 6.14. The number of thioether (sulfide) groups is 1. The third-order valence-electron chi connectivity index (χ3n) is 4.97. The van der Waals surface area contributed by atoms with Gasteiger partial charge in [0.15, 0.2) is 0 Å². The van der Waals surface area contributed by atoms with Gasteiger partial charge in [-0.25, -0.2) is 0 Å². The number of rotatable bonds is 5. The summed E-state index contributed by atoms with van der Waals surface area (Å²) >= 11 is 1.81. The predicted molar refractivity (Wildman–Crippen MR) is 80.7 cm³/mol. The van der Waals surface area contributed by atoms with Crippen LogP contribution >= 0.6 is 11.8 Å². The lowest BCUT2D eigenvalue weighted by molar-refractivity contribution is -0.146. The normalized spacial score (nSPS) is 37.0. The molecule has 5 unspecified atom stereocenters. The first kappa shape index (κ1) is 15.7. The lowest BCUT2D eigenvalue weighted by atomic mass is 9.95. The zero-order valence-corrected chi connectivity index (χ0v) is 13.1. The average molecular weight is 299 g/mol. The molecule has 0 aromatic heterocycles. The van der Waals surface area contributed by atoms with E-state index in [1.54, 1.807) is 11.8 Å². The summed E-state index contributed by atoms with van der Waals surface area (Å²) in [7, 11) is 0. The highest BCUT2D eigenvalue weighted by Gasteiger charge is 2.43. The molecule has 114 valence electrons. The molecular weight excluding hydrogens is 274 g/mol. The van der Waals surface area contributed by atoms with Crippen LogP contribution < -0.4 is 5.32 Å². The molecule has 2 rings (SSSR count). The number of carboxylic acids is 1. The van der Waals surface area contributed by atoms with Crippen molar-refractivity contribution in [3.8, 4) is 0 Å². The van der Waals surface area contributed by atoms with Gasteiger partial charge in [-0.05, 0) is 37.9 Å². The van der Waals surface area contributed by atoms with Gasteiger partial charge in [0.25, 0.3) is 0 Å². The molecule has 4 nitrogen and oxygen atoms in total. The Kier molecular flexibility index (Phi) is 5.35. The summed E-state index contributed by atoms with van der Waals surface area (Å²) in [5.41, 5.74) is 0. The van der Waals surface area contributed by atoms with Crippen LogP contribution in [0.3, 0.4) is 0 Å². The molecule has 20 heavy (non-hydrogen) atoms. The summed E-state index contributed by atoms with van der Waals surface area (Å²) in [4.78, 5) is 23.8. The van der Waals surface area contributed by atoms with Gasteiger partial charge in [0.1, 0.15) is 0 Å². The van der Waals surface area contributed by atoms with E-state index in [0.29, 0.717) is 17.6 Å². The highest BCUT2D eigenvalue weighted by molar-refractivity contribution is 7.99. The van der Waals surface area contributed by atoms with E-state index in [2.05, 4.69) is 18.5 Å². The Labute approximate surface area is 125 Å². The van der Waals surface area contributed by atoms with E-state index in [4.69, 9.17) is 0 Å². The zero-order valence-electron chi connectivity index (χ0n) is 12.3. The quantitative estimate of drug-likeness (QED) is 0.818. The number of amides is 1. The summed E-state index contributed by atoms with van der Waals surface area (Å²) in [5.74, 6) is -1.28. The molecule has 2 aliphatic rings. The molecule has 0 aliphatic heterocycles. The highest BCUT2D eigenvalue weighted by Crippen LogP contribution is 2.39. The molecule has 0 spiro atoms. The van der Waals surface area contributed by atoms with Crippen LogP contribution in [0.2, 0.25) is 0 Å². The van der Waals surface area contributed by atoms with Crippen LogP contribution in [0.1, 0.15) is 45.4 Å². The van der Waals surface area contributed by atoms with Crippen molar-refractivity contribution in [1.29, 1.82) is 0 Å². The maximum atomic E-state index is 12.5. The molecule has 2 fully saturated rings. The first-order valence-electron chi connectivity index (χ1n) is 7.62. The minimum absolute atomic E-state index is 0.0284. The molecule has 0 saturated heterocycles. The molecule has 0 bridgehead atoms. The van der Waals surface area contributed by atoms with Crippen molar-refractivity contribution in [2.24, 2.45) is 17.8 Å². The SMILES string of the molecule is CCC1CC(C(=O)O)C(C(=O)NC2CCCC2SC)C1. The van der Waals surface area contributed by atoms with Gasteiger partial charge in [0.05, 0.1) is 11.8 Å². The van der Waals surface area contributed by atoms with E-state index in [1.165, 1.54) is 0 Å². The van der Waals surface area contributed by atoms with Crippen molar-refractivity contribution in [1.82, 2.24) is 5.32 Å². The second-order valence-electron chi connectivity index (χ2n) is 6.12. The summed E-state index contributed by atoms with van der Waals surface area (Å²) in [6, 6.07) is 0.229. The maximum absolute atomic E-state index is 12.5. The van der Waals surface area contributed by atoms with Crippen molar-refractivity contribution in [2.45, 2.75) is 56.7 Å². The number of carboxylic acid groups (broad SMARTS) is 1. The van der Waals surface area contributed by atoms with Gasteiger partial charge in [0, 0.05) is 11.3 Å². The summed E-state index contributed by atoms with van der Waals surface area (Å²) in [5, 5.41) is 12.9. The maximum Gasteiger partial charge on any atom is 0.307 e. The van der Waals surface area contributed by atoms with E-state index in [0.717, 1.165) is 32.1 Å². The molecule has 0 heterocycles. The minimum atomic E-state index is -0.811. The largest absolute Gasteiger partial charge is 0.481 e. The van der Waals surface area contributed by atoms with E-state index in [9.17, 15) is 14.7 Å². The number of carbonyl (C=O) groups excluding carboxylic acids is 1. The monoisotopic (exact) mass is 299 g/mol. The number of hydrogen-bond donors (Lipinski definition) is 2. The fourth-order valence-corrected chi connectivity index (χ4v) is 4.64. The van der Waals surface area contributed by atoms with Crippen molar-refractivity contribution >= 4 is 23.6 Å². The lowest BCUT2D eigenvalue weighted by Crippen LogP contribution is -2.43. The van der Waals surface area contributed by atoms with Crippen LogP contribution in [-0.2, 0) is 9.59 Å². The van der Waals surface area contributed by atoms with Crippen LogP contribution in [0.5, 0.6) is 0 Å². The van der Waals surface area contributed by atoms with Crippen LogP contribution in [0, 0.1) is 17.8 Å². The molecule has 1 amide bonds. The van der Waals surface area contributed by atoms with Crippen LogP contribution in [-0.4, -0.2) is 34.5 Å². The molecule has 0 radical (unpaired) electrons. The van der Waals surface area contributed by atoms with Crippen molar-refractivity contribution < 1.29 is 14.7 Å². The number of aliphatic carboxylic acids is 1. The summed E-state index contributed by atoms with van der Waals surface area (Å²) in [6.07, 6.45) is 7.76. The van der Waals surface area contributed by atoms with Gasteiger partial charge in [0.2, 0.25) is 5.91 Å². The molecule has 5 heteroatoms. The molecule has 5 atom stereocenters. The van der Waals surface area contributed by atoms with E-state index in [-0.39, 0.29) is 17.9 Å². The van der Waals surface area contributed by atoms with Crippen molar-refractivity contribution in [2.75, 3.05) is 6.26 Å². The van der Waals surface area contributed by atoms with Gasteiger partial charge in [-0.15, -0.1) is 0 Å². The zero-order chi connectivity index (χ0) is 14.7. The standard InChI is InChI=1S/C15H25NO3S/c1-3-9-7-10(11(8-9)15(18)19)14(17)16-12-5-4-6-13(12)20-2/h9-13H,3-8H2,1-2H3,(H,16,17)(H,18,19). The molecule has 0 aromatic carbocycles. The van der Waals surface area contributed by atoms with Gasteiger partial charge >= 0.3 is 5.97 Å². The molecule has 2 aliphatic carbocycles. The van der Waals surface area contributed by atoms with Crippen LogP contribution in [0.15, 0.2) is 0 Å². The van der Waals surface area contributed by atoms with Gasteiger partial charge < -0.3 is 10.4 Å².